The lowest BCUT2D eigenvalue weighted by molar-refractivity contribution is -0.925. The van der Waals surface area contributed by atoms with Crippen LogP contribution in [0.2, 0.25) is 0 Å². The third-order valence-corrected chi connectivity index (χ3v) is 7.81. The van der Waals surface area contributed by atoms with E-state index in [0.29, 0.717) is 0 Å². The molecule has 0 rings (SSSR count). The van der Waals surface area contributed by atoms with Crippen LogP contribution in [0.5, 0.6) is 0 Å². The van der Waals surface area contributed by atoms with Crippen molar-refractivity contribution in [2.24, 2.45) is 0 Å². The summed E-state index contributed by atoms with van der Waals surface area (Å²) < 4.78 is 1.38. The number of carbonyl (C=O) groups is 1. The van der Waals surface area contributed by atoms with Gasteiger partial charge in [0.25, 0.3) is 0 Å². The lowest BCUT2D eigenvalue weighted by atomic mass is 10.0. The highest BCUT2D eigenvalue weighted by Gasteiger charge is 2.30. The molecule has 0 aromatic heterocycles. The summed E-state index contributed by atoms with van der Waals surface area (Å²) in [4.78, 5) is 9.98. The molecule has 0 saturated heterocycles. The molecule has 8 nitrogen and oxygen atoms in total. The highest BCUT2D eigenvalue weighted by Crippen LogP contribution is 2.16. The lowest BCUT2D eigenvalue weighted by Crippen LogP contribution is -2.52. The molecule has 0 spiro atoms. The van der Waals surface area contributed by atoms with E-state index in [1.165, 1.54) is 133 Å². The maximum Gasteiger partial charge on any atom is 0.122 e. The molecule has 0 aliphatic heterocycles. The molecular formula is C30H63NO7. The Morgan fingerprint density at radius 2 is 0.947 bits per heavy atom. The minimum atomic E-state index is -2.31. The third-order valence-electron chi connectivity index (χ3n) is 7.81. The Kier molecular flexibility index (Phi) is 27.4. The summed E-state index contributed by atoms with van der Waals surface area (Å²) in [6.07, 6.45) is 15.1. The monoisotopic (exact) mass is 549 g/mol. The van der Waals surface area contributed by atoms with Crippen LogP contribution < -0.4 is 5.11 Å². The van der Waals surface area contributed by atoms with Gasteiger partial charge in [-0.3, -0.25) is 0 Å². The first-order chi connectivity index (χ1) is 18.2. The molecule has 4 atom stereocenters. The van der Waals surface area contributed by atoms with Crippen molar-refractivity contribution in [3.8, 4) is 0 Å². The van der Waals surface area contributed by atoms with E-state index in [-0.39, 0.29) is 0 Å². The van der Waals surface area contributed by atoms with E-state index in [9.17, 15) is 9.90 Å². The molecule has 0 aliphatic rings. The first kappa shape index (κ1) is 39.4. The number of unbranched alkanes of at least 4 members (excludes halogenated alkanes) is 14. The number of carboxylic acids is 1. The van der Waals surface area contributed by atoms with Gasteiger partial charge in [-0.05, 0) is 39.5 Å². The molecule has 5 N–H and O–H groups in total. The summed E-state index contributed by atoms with van der Waals surface area (Å²) >= 11 is 0. The van der Waals surface area contributed by atoms with Crippen LogP contribution >= 0.6 is 0 Å². The zero-order chi connectivity index (χ0) is 29.2. The van der Waals surface area contributed by atoms with Gasteiger partial charge in [0.1, 0.15) is 24.4 Å². The van der Waals surface area contributed by atoms with Gasteiger partial charge >= 0.3 is 0 Å². The second-order valence-electron chi connectivity index (χ2n) is 10.9. The molecule has 0 fully saturated rings. The van der Waals surface area contributed by atoms with E-state index in [0.717, 1.165) is 0 Å². The average molecular weight is 550 g/mol. The fourth-order valence-electron chi connectivity index (χ4n) is 4.79. The maximum absolute atomic E-state index is 9.98. The Morgan fingerprint density at radius 3 is 1.24 bits per heavy atom. The van der Waals surface area contributed by atoms with Crippen molar-refractivity contribution in [1.29, 1.82) is 0 Å². The van der Waals surface area contributed by atoms with Gasteiger partial charge in [0.05, 0.1) is 38.8 Å². The Labute approximate surface area is 233 Å². The normalized spacial score (nSPS) is 14.9. The molecule has 0 bridgehead atoms. The first-order valence-electron chi connectivity index (χ1n) is 15.5. The van der Waals surface area contributed by atoms with Crippen LogP contribution in [-0.4, -0.2) is 93.2 Å². The third kappa shape index (κ3) is 20.2. The molecule has 0 heterocycles. The molecule has 0 aromatic rings. The van der Waals surface area contributed by atoms with Gasteiger partial charge < -0.3 is 39.9 Å². The van der Waals surface area contributed by atoms with E-state index in [2.05, 4.69) is 27.7 Å². The number of hydrogen-bond donors (Lipinski definition) is 5. The number of quaternary nitrogens is 1. The number of aliphatic carboxylic acids is 1. The molecule has 230 valence electrons. The van der Waals surface area contributed by atoms with E-state index in [1.54, 1.807) is 0 Å². The number of aliphatic hydroxyl groups excluding tert-OH is 5. The largest absolute Gasteiger partial charge is 0.547 e. The second-order valence-corrected chi connectivity index (χ2v) is 10.9. The molecule has 8 heteroatoms. The molecule has 0 radical (unpaired) electrons. The smallest absolute Gasteiger partial charge is 0.122 e. The van der Waals surface area contributed by atoms with Crippen LogP contribution in [0.15, 0.2) is 0 Å². The van der Waals surface area contributed by atoms with Crippen LogP contribution in [0.25, 0.3) is 0 Å². The predicted molar refractivity (Wildman–Crippen MR) is 152 cm³/mol. The van der Waals surface area contributed by atoms with Gasteiger partial charge in [-0.1, -0.05) is 90.9 Å². The quantitative estimate of drug-likeness (QED) is 0.0869. The Hall–Kier alpha value is -0.770. The maximum atomic E-state index is 9.98. The van der Waals surface area contributed by atoms with Crippen molar-refractivity contribution in [2.75, 3.05) is 32.8 Å². The van der Waals surface area contributed by atoms with E-state index >= 15 is 0 Å². The zero-order valence-electron chi connectivity index (χ0n) is 25.2. The van der Waals surface area contributed by atoms with Crippen LogP contribution in [0.4, 0.5) is 0 Å². The minimum absolute atomic E-state index is 0.863. The zero-order valence-corrected chi connectivity index (χ0v) is 25.2. The van der Waals surface area contributed by atoms with Crippen LogP contribution in [0, 0.1) is 0 Å². The molecule has 0 saturated carbocycles. The topological polar surface area (TPSA) is 141 Å². The molecule has 0 amide bonds. The van der Waals surface area contributed by atoms with Crippen LogP contribution in [0.3, 0.4) is 0 Å². The Morgan fingerprint density at radius 1 is 0.605 bits per heavy atom. The summed E-state index contributed by atoms with van der Waals surface area (Å²) in [5.74, 6) is -1.98. The predicted octanol–water partition coefficient (Wildman–Crippen LogP) is 3.30. The Balaban J connectivity index is 0. The highest BCUT2D eigenvalue weighted by atomic mass is 16.4. The van der Waals surface area contributed by atoms with Gasteiger partial charge in [0.2, 0.25) is 0 Å². The summed E-state index contributed by atoms with van der Waals surface area (Å²) in [5, 5.41) is 53.4. The van der Waals surface area contributed by atoms with Crippen molar-refractivity contribution < 1.29 is 39.9 Å². The fourth-order valence-corrected chi connectivity index (χ4v) is 4.79. The summed E-state index contributed by atoms with van der Waals surface area (Å²) in [7, 11) is 0. The van der Waals surface area contributed by atoms with Crippen molar-refractivity contribution in [2.45, 2.75) is 155 Å². The van der Waals surface area contributed by atoms with Crippen LogP contribution in [-0.2, 0) is 4.79 Å². The van der Waals surface area contributed by atoms with Gasteiger partial charge in [0.15, 0.2) is 0 Å². The number of nitrogens with zero attached hydrogens (tertiary/aromatic N) is 1. The van der Waals surface area contributed by atoms with Crippen molar-refractivity contribution >= 4 is 5.97 Å². The lowest BCUT2D eigenvalue weighted by Gasteiger charge is -2.37. The van der Waals surface area contributed by atoms with Crippen LogP contribution in [0.1, 0.15) is 130 Å². The molecule has 0 aliphatic carbocycles. The molecule has 0 unspecified atom stereocenters. The van der Waals surface area contributed by atoms with Crippen molar-refractivity contribution in [1.82, 2.24) is 0 Å². The number of carbonyl (C=O) groups excluding carboxylic acids is 1. The molecule has 0 aromatic carbocycles. The number of aliphatic hydroxyl groups is 5. The van der Waals surface area contributed by atoms with Crippen molar-refractivity contribution in [3.63, 3.8) is 0 Å². The summed E-state index contributed by atoms with van der Waals surface area (Å²) in [6.45, 7) is 14.1. The Bertz CT molecular complexity index is 495. The van der Waals surface area contributed by atoms with Gasteiger partial charge in [-0.25, -0.2) is 0 Å². The van der Waals surface area contributed by atoms with Gasteiger partial charge in [0, 0.05) is 0 Å². The fraction of sp³-hybridized carbons (Fsp3) is 0.967. The number of rotatable bonds is 25. The molecular weight excluding hydrogens is 486 g/mol. The van der Waals surface area contributed by atoms with E-state index in [4.69, 9.17) is 25.5 Å². The second kappa shape index (κ2) is 26.5. The van der Waals surface area contributed by atoms with E-state index < -0.39 is 37.0 Å². The van der Waals surface area contributed by atoms with E-state index in [1.807, 2.05) is 0 Å². The standard InChI is InChI=1S/C24H52N.C6H12O7/c1-5-9-11-13-15-17-19-21-23-25(7-3,8-4)24-22-20-18-16-14-12-10-6-2;7-1-2(8)3(9)4(10)5(11)6(12)13/h5-24H2,1-4H3;2-5,7-11H,1H2,(H,12,13)/q+1;/p-1/t;2-,3-,4+,5-/m.1/s1. The SMILES string of the molecule is CCCCCCCCCC[N+](CC)(CC)CCCCCCCCCC.O=C([O-])[C@H](O)[C@@H](O)[C@H](O)[C@H](O)CO. The molecule has 38 heavy (non-hydrogen) atoms. The van der Waals surface area contributed by atoms with Gasteiger partial charge in [-0.2, -0.15) is 0 Å². The average Bonchev–Trinajstić information content (AvgIpc) is 2.93. The number of carboxylic acid groups (broad SMARTS) is 1. The van der Waals surface area contributed by atoms with Crippen molar-refractivity contribution in [3.05, 3.63) is 0 Å². The minimum Gasteiger partial charge on any atom is -0.547 e. The number of hydrogen-bond acceptors (Lipinski definition) is 7. The highest BCUT2D eigenvalue weighted by molar-refractivity contribution is 5.70. The summed E-state index contributed by atoms with van der Waals surface area (Å²) in [5.41, 5.74) is 0. The first-order valence-corrected chi connectivity index (χ1v) is 15.5. The summed E-state index contributed by atoms with van der Waals surface area (Å²) in [6, 6.07) is 0. The van der Waals surface area contributed by atoms with Gasteiger partial charge in [-0.15, -0.1) is 0 Å².